The van der Waals surface area contributed by atoms with E-state index in [1.165, 1.54) is 24.0 Å². The predicted octanol–water partition coefficient (Wildman–Crippen LogP) is 4.86. The van der Waals surface area contributed by atoms with Crippen LogP contribution in [0, 0.1) is 0 Å². The Bertz CT molecular complexity index is 613. The standard InChI is InChI=1S/C21H26ClNO/c22-19-11-9-18(10-12-19)21-16-20(24)13-15-23(21)14-5-4-8-17-6-2-1-3-7-17/h1-3,6-7,9-12,20-21,24H,4-5,8,13-16H2. The number of rotatable bonds is 6. The summed E-state index contributed by atoms with van der Waals surface area (Å²) < 4.78 is 0. The van der Waals surface area contributed by atoms with E-state index >= 15 is 0 Å². The van der Waals surface area contributed by atoms with Gasteiger partial charge in [0.05, 0.1) is 6.10 Å². The molecule has 1 saturated heterocycles. The zero-order valence-electron chi connectivity index (χ0n) is 14.1. The fourth-order valence-corrected chi connectivity index (χ4v) is 3.71. The van der Waals surface area contributed by atoms with Crippen LogP contribution in [0.5, 0.6) is 0 Å². The zero-order chi connectivity index (χ0) is 16.8. The number of hydrogen-bond donors (Lipinski definition) is 1. The van der Waals surface area contributed by atoms with Gasteiger partial charge in [-0.15, -0.1) is 0 Å². The molecular formula is C21H26ClNO. The van der Waals surface area contributed by atoms with Gasteiger partial charge in [0, 0.05) is 17.6 Å². The van der Waals surface area contributed by atoms with Crippen molar-refractivity contribution in [2.24, 2.45) is 0 Å². The van der Waals surface area contributed by atoms with E-state index in [9.17, 15) is 5.11 Å². The van der Waals surface area contributed by atoms with Crippen LogP contribution in [0.2, 0.25) is 5.02 Å². The van der Waals surface area contributed by atoms with Crippen molar-refractivity contribution in [3.63, 3.8) is 0 Å². The minimum Gasteiger partial charge on any atom is -0.393 e. The Balaban J connectivity index is 1.55. The normalized spacial score (nSPS) is 21.8. The fraction of sp³-hybridized carbons (Fsp3) is 0.429. The molecule has 3 heteroatoms. The van der Waals surface area contributed by atoms with E-state index in [1.54, 1.807) is 0 Å². The third-order valence-electron chi connectivity index (χ3n) is 4.94. The molecule has 0 amide bonds. The first-order valence-electron chi connectivity index (χ1n) is 8.94. The van der Waals surface area contributed by atoms with Crippen LogP contribution in [-0.4, -0.2) is 29.2 Å². The molecule has 2 aromatic carbocycles. The summed E-state index contributed by atoms with van der Waals surface area (Å²) in [6, 6.07) is 19.1. The Morgan fingerprint density at radius 2 is 1.75 bits per heavy atom. The average molecular weight is 344 g/mol. The first-order chi connectivity index (χ1) is 11.7. The molecule has 0 aromatic heterocycles. The molecule has 2 unspecified atom stereocenters. The highest BCUT2D eigenvalue weighted by molar-refractivity contribution is 6.30. The van der Waals surface area contributed by atoms with Crippen LogP contribution in [0.25, 0.3) is 0 Å². The van der Waals surface area contributed by atoms with Crippen LogP contribution in [0.1, 0.15) is 42.9 Å². The van der Waals surface area contributed by atoms with Gasteiger partial charge in [-0.25, -0.2) is 0 Å². The largest absolute Gasteiger partial charge is 0.393 e. The molecule has 3 rings (SSSR count). The molecule has 2 nitrogen and oxygen atoms in total. The van der Waals surface area contributed by atoms with Gasteiger partial charge in [0.2, 0.25) is 0 Å². The quantitative estimate of drug-likeness (QED) is 0.757. The Morgan fingerprint density at radius 3 is 2.50 bits per heavy atom. The summed E-state index contributed by atoms with van der Waals surface area (Å²) in [6.07, 6.45) is 5.04. The molecule has 0 spiro atoms. The molecule has 1 N–H and O–H groups in total. The first-order valence-corrected chi connectivity index (χ1v) is 9.31. The maximum absolute atomic E-state index is 10.1. The second-order valence-corrected chi connectivity index (χ2v) is 7.16. The van der Waals surface area contributed by atoms with Crippen molar-refractivity contribution >= 4 is 11.6 Å². The van der Waals surface area contributed by atoms with E-state index in [1.807, 2.05) is 12.1 Å². The lowest BCUT2D eigenvalue weighted by molar-refractivity contribution is 0.0400. The molecule has 0 bridgehead atoms. The number of nitrogens with zero attached hydrogens (tertiary/aromatic N) is 1. The van der Waals surface area contributed by atoms with Gasteiger partial charge in [0.1, 0.15) is 0 Å². The molecule has 2 aromatic rings. The van der Waals surface area contributed by atoms with E-state index in [2.05, 4.69) is 47.4 Å². The highest BCUT2D eigenvalue weighted by Gasteiger charge is 2.28. The predicted molar refractivity (Wildman–Crippen MR) is 100 cm³/mol. The van der Waals surface area contributed by atoms with Gasteiger partial charge < -0.3 is 5.11 Å². The van der Waals surface area contributed by atoms with Crippen LogP contribution >= 0.6 is 11.6 Å². The summed E-state index contributed by atoms with van der Waals surface area (Å²) in [5.74, 6) is 0. The van der Waals surface area contributed by atoms with Gasteiger partial charge in [-0.2, -0.15) is 0 Å². The number of benzene rings is 2. The molecule has 0 radical (unpaired) electrons. The number of aliphatic hydroxyl groups excluding tert-OH is 1. The summed E-state index contributed by atoms with van der Waals surface area (Å²) in [4.78, 5) is 2.53. The molecule has 1 heterocycles. The van der Waals surface area contributed by atoms with Crippen molar-refractivity contribution in [1.29, 1.82) is 0 Å². The molecule has 1 aliphatic rings. The second-order valence-electron chi connectivity index (χ2n) is 6.72. The molecule has 0 aliphatic carbocycles. The van der Waals surface area contributed by atoms with Crippen LogP contribution in [-0.2, 0) is 6.42 Å². The van der Waals surface area contributed by atoms with E-state index < -0.39 is 0 Å². The van der Waals surface area contributed by atoms with Crippen molar-refractivity contribution in [3.8, 4) is 0 Å². The highest BCUT2D eigenvalue weighted by atomic mass is 35.5. The van der Waals surface area contributed by atoms with Crippen molar-refractivity contribution in [3.05, 3.63) is 70.7 Å². The lowest BCUT2D eigenvalue weighted by Crippen LogP contribution is -2.39. The highest BCUT2D eigenvalue weighted by Crippen LogP contribution is 2.32. The smallest absolute Gasteiger partial charge is 0.0570 e. The summed E-state index contributed by atoms with van der Waals surface area (Å²) in [7, 11) is 0. The Morgan fingerprint density at radius 1 is 1.00 bits per heavy atom. The SMILES string of the molecule is OC1CCN(CCCCc2ccccc2)C(c2ccc(Cl)cc2)C1. The Labute approximate surface area is 150 Å². The average Bonchev–Trinajstić information content (AvgIpc) is 2.61. The van der Waals surface area contributed by atoms with Crippen LogP contribution in [0.15, 0.2) is 54.6 Å². The van der Waals surface area contributed by atoms with Crippen molar-refractivity contribution < 1.29 is 5.11 Å². The Hall–Kier alpha value is -1.35. The third kappa shape index (κ3) is 4.83. The van der Waals surface area contributed by atoms with Gasteiger partial charge in [-0.05, 0) is 61.9 Å². The minimum atomic E-state index is -0.189. The van der Waals surface area contributed by atoms with Gasteiger partial charge >= 0.3 is 0 Å². The number of halogens is 1. The fourth-order valence-electron chi connectivity index (χ4n) is 3.58. The van der Waals surface area contributed by atoms with Crippen molar-refractivity contribution in [2.45, 2.75) is 44.2 Å². The number of aliphatic hydroxyl groups is 1. The molecule has 128 valence electrons. The van der Waals surface area contributed by atoms with E-state index in [0.29, 0.717) is 6.04 Å². The van der Waals surface area contributed by atoms with E-state index in [0.717, 1.165) is 37.4 Å². The zero-order valence-corrected chi connectivity index (χ0v) is 14.8. The van der Waals surface area contributed by atoms with E-state index in [-0.39, 0.29) is 6.10 Å². The van der Waals surface area contributed by atoms with Gasteiger partial charge in [0.25, 0.3) is 0 Å². The molecule has 0 saturated carbocycles. The van der Waals surface area contributed by atoms with Crippen LogP contribution in [0.4, 0.5) is 0 Å². The first kappa shape index (κ1) is 17.5. The van der Waals surface area contributed by atoms with Crippen LogP contribution in [0.3, 0.4) is 0 Å². The number of likely N-dealkylation sites (tertiary alicyclic amines) is 1. The van der Waals surface area contributed by atoms with Crippen LogP contribution < -0.4 is 0 Å². The molecular weight excluding hydrogens is 318 g/mol. The summed E-state index contributed by atoms with van der Waals surface area (Å²) in [5.41, 5.74) is 2.68. The molecule has 24 heavy (non-hydrogen) atoms. The summed E-state index contributed by atoms with van der Waals surface area (Å²) in [5, 5.41) is 10.8. The van der Waals surface area contributed by atoms with Gasteiger partial charge in [-0.1, -0.05) is 54.1 Å². The summed E-state index contributed by atoms with van der Waals surface area (Å²) >= 11 is 6.01. The topological polar surface area (TPSA) is 23.5 Å². The Kier molecular flexibility index (Phi) is 6.30. The molecule has 2 atom stereocenters. The van der Waals surface area contributed by atoms with Gasteiger partial charge in [0.15, 0.2) is 0 Å². The monoisotopic (exact) mass is 343 g/mol. The van der Waals surface area contributed by atoms with E-state index in [4.69, 9.17) is 11.6 Å². The number of aryl methyl sites for hydroxylation is 1. The molecule has 1 fully saturated rings. The maximum Gasteiger partial charge on any atom is 0.0570 e. The number of piperidine rings is 1. The number of hydrogen-bond acceptors (Lipinski definition) is 2. The molecule has 1 aliphatic heterocycles. The van der Waals surface area contributed by atoms with Gasteiger partial charge in [-0.3, -0.25) is 4.90 Å². The summed E-state index contributed by atoms with van der Waals surface area (Å²) in [6.45, 7) is 2.06. The lowest BCUT2D eigenvalue weighted by Gasteiger charge is -2.38. The lowest BCUT2D eigenvalue weighted by atomic mass is 9.93. The minimum absolute atomic E-state index is 0.189. The number of unbranched alkanes of at least 4 members (excludes halogenated alkanes) is 1. The van der Waals surface area contributed by atoms with Crippen molar-refractivity contribution in [2.75, 3.05) is 13.1 Å². The maximum atomic E-state index is 10.1. The third-order valence-corrected chi connectivity index (χ3v) is 5.20. The second kappa shape index (κ2) is 8.66. The van der Waals surface area contributed by atoms with Crippen molar-refractivity contribution in [1.82, 2.24) is 4.90 Å².